The fourth-order valence-corrected chi connectivity index (χ4v) is 2.94. The van der Waals surface area contributed by atoms with E-state index in [1.165, 1.54) is 5.56 Å². The van der Waals surface area contributed by atoms with Crippen molar-refractivity contribution < 1.29 is 9.53 Å². The van der Waals surface area contributed by atoms with E-state index in [0.29, 0.717) is 11.3 Å². The molecule has 128 valence electrons. The van der Waals surface area contributed by atoms with Crippen LogP contribution in [-0.4, -0.2) is 15.7 Å². The van der Waals surface area contributed by atoms with Crippen LogP contribution in [0.3, 0.4) is 0 Å². The smallest absolute Gasteiger partial charge is 0.256 e. The van der Waals surface area contributed by atoms with Crippen LogP contribution in [0.5, 0.6) is 5.75 Å². The van der Waals surface area contributed by atoms with E-state index in [-0.39, 0.29) is 12.6 Å². The predicted octanol–water partition coefficient (Wildman–Crippen LogP) is 4.34. The average molecular weight is 447 g/mol. The maximum absolute atomic E-state index is 12.3. The van der Waals surface area contributed by atoms with Crippen molar-refractivity contribution in [1.29, 1.82) is 0 Å². The number of nitrogens with one attached hydrogen (secondary N) is 1. The summed E-state index contributed by atoms with van der Waals surface area (Å²) in [5.74, 6) is 0.637. The fourth-order valence-electron chi connectivity index (χ4n) is 2.30. The number of hydrogen-bond acceptors (Lipinski definition) is 3. The summed E-state index contributed by atoms with van der Waals surface area (Å²) in [4.78, 5) is 12.3. The number of halogens is 1. The Morgan fingerprint density at radius 3 is 2.68 bits per heavy atom. The molecular formula is C19H18IN3O2. The van der Waals surface area contributed by atoms with Crippen molar-refractivity contribution in [2.24, 2.45) is 0 Å². The Hall–Kier alpha value is -2.35. The molecule has 1 amide bonds. The molecule has 0 spiro atoms. The monoisotopic (exact) mass is 447 g/mol. The van der Waals surface area contributed by atoms with Gasteiger partial charge in [-0.15, -0.1) is 0 Å². The Morgan fingerprint density at radius 2 is 1.96 bits per heavy atom. The third kappa shape index (κ3) is 4.60. The first-order valence-corrected chi connectivity index (χ1v) is 9.03. The Kier molecular flexibility index (Phi) is 5.70. The number of benzene rings is 2. The molecule has 0 saturated heterocycles. The van der Waals surface area contributed by atoms with E-state index in [2.05, 4.69) is 39.9 Å². The van der Waals surface area contributed by atoms with Gasteiger partial charge in [0.05, 0.1) is 23.6 Å². The van der Waals surface area contributed by atoms with Crippen LogP contribution in [-0.2, 0) is 13.2 Å². The molecule has 0 aliphatic heterocycles. The molecule has 5 nitrogen and oxygen atoms in total. The summed E-state index contributed by atoms with van der Waals surface area (Å²) >= 11 is 2.15. The van der Waals surface area contributed by atoms with E-state index in [0.717, 1.165) is 15.7 Å². The summed E-state index contributed by atoms with van der Waals surface area (Å²) in [6.45, 7) is 2.40. The number of hydrogen-bond donors (Lipinski definition) is 1. The maximum Gasteiger partial charge on any atom is 0.256 e. The normalized spacial score (nSPS) is 10.5. The van der Waals surface area contributed by atoms with Crippen molar-refractivity contribution in [2.75, 3.05) is 5.32 Å². The Labute approximate surface area is 160 Å². The van der Waals surface area contributed by atoms with Crippen LogP contribution in [0.4, 0.5) is 5.69 Å². The number of anilines is 1. The highest BCUT2D eigenvalue weighted by Crippen LogP contribution is 2.15. The molecule has 1 N–H and O–H groups in total. The Morgan fingerprint density at radius 1 is 1.20 bits per heavy atom. The van der Waals surface area contributed by atoms with Crippen molar-refractivity contribution in [3.05, 3.63) is 75.6 Å². The second-order valence-corrected chi connectivity index (χ2v) is 6.64. The molecule has 0 unspecified atom stereocenters. The van der Waals surface area contributed by atoms with Crippen LogP contribution >= 0.6 is 22.6 Å². The quantitative estimate of drug-likeness (QED) is 0.573. The van der Waals surface area contributed by atoms with E-state index in [4.69, 9.17) is 4.74 Å². The summed E-state index contributed by atoms with van der Waals surface area (Å²) in [5.41, 5.74) is 2.55. The van der Waals surface area contributed by atoms with Crippen molar-refractivity contribution in [3.8, 4) is 5.75 Å². The first kappa shape index (κ1) is 17.5. The lowest BCUT2D eigenvalue weighted by atomic mass is 10.2. The third-order valence-electron chi connectivity index (χ3n) is 3.70. The molecule has 3 rings (SSSR count). The summed E-state index contributed by atoms with van der Waals surface area (Å²) in [7, 11) is 0. The van der Waals surface area contributed by atoms with Gasteiger partial charge in [0.25, 0.3) is 5.91 Å². The van der Waals surface area contributed by atoms with Crippen LogP contribution in [0.15, 0.2) is 60.9 Å². The minimum atomic E-state index is -0.152. The number of nitrogens with zero attached hydrogens (tertiary/aromatic N) is 2. The van der Waals surface area contributed by atoms with Gasteiger partial charge >= 0.3 is 0 Å². The zero-order chi connectivity index (χ0) is 17.6. The van der Waals surface area contributed by atoms with Gasteiger partial charge in [-0.3, -0.25) is 4.79 Å². The topological polar surface area (TPSA) is 56.1 Å². The number of rotatable bonds is 6. The molecule has 0 saturated carbocycles. The van der Waals surface area contributed by atoms with Gasteiger partial charge in [-0.1, -0.05) is 31.2 Å². The highest BCUT2D eigenvalue weighted by Gasteiger charge is 2.10. The molecular weight excluding hydrogens is 429 g/mol. The number of amides is 1. The first-order valence-electron chi connectivity index (χ1n) is 7.96. The van der Waals surface area contributed by atoms with Crippen LogP contribution in [0, 0.1) is 3.57 Å². The largest absolute Gasteiger partial charge is 0.471 e. The molecule has 0 atom stereocenters. The average Bonchev–Trinajstić information content (AvgIpc) is 3.08. The van der Waals surface area contributed by atoms with Crippen LogP contribution in [0.25, 0.3) is 0 Å². The maximum atomic E-state index is 12.3. The molecule has 3 aromatic rings. The summed E-state index contributed by atoms with van der Waals surface area (Å²) in [6.07, 6.45) is 4.36. The lowest BCUT2D eigenvalue weighted by Gasteiger charge is -2.07. The van der Waals surface area contributed by atoms with Crippen molar-refractivity contribution in [1.82, 2.24) is 9.78 Å². The Bertz CT molecular complexity index is 859. The molecule has 0 radical (unpaired) electrons. The highest BCUT2D eigenvalue weighted by atomic mass is 127. The van der Waals surface area contributed by atoms with Gasteiger partial charge in [-0.2, -0.15) is 5.10 Å². The summed E-state index contributed by atoms with van der Waals surface area (Å²) < 4.78 is 8.24. The lowest BCUT2D eigenvalue weighted by Crippen LogP contribution is -2.13. The van der Waals surface area contributed by atoms with Gasteiger partial charge in [0.15, 0.2) is 6.73 Å². The SMILES string of the molecule is CCc1ccc(OCn2cc(NC(=O)c3ccccc3I)cn2)cc1. The third-order valence-corrected chi connectivity index (χ3v) is 4.65. The minimum absolute atomic E-state index is 0.152. The van der Waals surface area contributed by atoms with Crippen molar-refractivity contribution >= 4 is 34.2 Å². The molecule has 2 aromatic carbocycles. The molecule has 0 bridgehead atoms. The second-order valence-electron chi connectivity index (χ2n) is 5.47. The molecule has 0 aliphatic rings. The highest BCUT2D eigenvalue weighted by molar-refractivity contribution is 14.1. The van der Waals surface area contributed by atoms with Gasteiger partial charge < -0.3 is 10.1 Å². The van der Waals surface area contributed by atoms with Crippen LogP contribution < -0.4 is 10.1 Å². The molecule has 1 heterocycles. The van der Waals surface area contributed by atoms with E-state index in [1.807, 2.05) is 42.5 Å². The van der Waals surface area contributed by atoms with Crippen molar-refractivity contribution in [2.45, 2.75) is 20.1 Å². The van der Waals surface area contributed by atoms with E-state index < -0.39 is 0 Å². The van der Waals surface area contributed by atoms with Crippen molar-refractivity contribution in [3.63, 3.8) is 0 Å². The number of aryl methyl sites for hydroxylation is 1. The van der Waals surface area contributed by atoms with Gasteiger partial charge in [0, 0.05) is 3.57 Å². The van der Waals surface area contributed by atoms with E-state index in [1.54, 1.807) is 23.1 Å². The van der Waals surface area contributed by atoms with Gasteiger partial charge in [-0.05, 0) is 58.8 Å². The minimum Gasteiger partial charge on any atom is -0.471 e. The number of ether oxygens (including phenoxy) is 1. The molecule has 6 heteroatoms. The zero-order valence-corrected chi connectivity index (χ0v) is 15.9. The predicted molar refractivity (Wildman–Crippen MR) is 106 cm³/mol. The van der Waals surface area contributed by atoms with Crippen LogP contribution in [0.2, 0.25) is 0 Å². The van der Waals surface area contributed by atoms with Gasteiger partial charge in [0.1, 0.15) is 5.75 Å². The molecule has 1 aromatic heterocycles. The summed E-state index contributed by atoms with van der Waals surface area (Å²) in [6, 6.07) is 15.4. The molecule has 0 aliphatic carbocycles. The van der Waals surface area contributed by atoms with Gasteiger partial charge in [-0.25, -0.2) is 4.68 Å². The number of carbonyl (C=O) groups excluding carboxylic acids is 1. The fraction of sp³-hybridized carbons (Fsp3) is 0.158. The second kappa shape index (κ2) is 8.15. The first-order chi connectivity index (χ1) is 12.2. The molecule has 25 heavy (non-hydrogen) atoms. The van der Waals surface area contributed by atoms with E-state index in [9.17, 15) is 4.79 Å². The zero-order valence-electron chi connectivity index (χ0n) is 13.8. The Balaban J connectivity index is 1.58. The molecule has 0 fully saturated rings. The standard InChI is InChI=1S/C19H18IN3O2/c1-2-14-7-9-16(10-8-14)25-13-23-12-15(11-21-23)22-19(24)17-5-3-4-6-18(17)20/h3-12H,2,13H2,1H3,(H,22,24). The number of carbonyl (C=O) groups is 1. The van der Waals surface area contributed by atoms with Gasteiger partial charge in [0.2, 0.25) is 0 Å². The lowest BCUT2D eigenvalue weighted by molar-refractivity contribution is 0.102. The number of aromatic nitrogens is 2. The van der Waals surface area contributed by atoms with E-state index >= 15 is 0 Å². The van der Waals surface area contributed by atoms with Crippen LogP contribution in [0.1, 0.15) is 22.8 Å². The summed E-state index contributed by atoms with van der Waals surface area (Å²) in [5, 5.41) is 7.06.